The molecule has 0 bridgehead atoms. The molecule has 2 saturated heterocycles. The van der Waals surface area contributed by atoms with Crippen LogP contribution in [0.15, 0.2) is 24.3 Å². The van der Waals surface area contributed by atoms with E-state index >= 15 is 0 Å². The number of nitriles is 1. The summed E-state index contributed by atoms with van der Waals surface area (Å²) in [6.45, 7) is 9.57. The topological polar surface area (TPSA) is 33.5 Å². The molecule has 2 fully saturated rings. The first-order valence-corrected chi connectivity index (χ1v) is 8.85. The summed E-state index contributed by atoms with van der Waals surface area (Å²) < 4.78 is 0. The number of piperidine rings is 1. The maximum absolute atomic E-state index is 8.89. The first kappa shape index (κ1) is 16.4. The zero-order valence-corrected chi connectivity index (χ0v) is 14.2. The summed E-state index contributed by atoms with van der Waals surface area (Å²) >= 11 is 0. The van der Waals surface area contributed by atoms with Gasteiger partial charge in [0.2, 0.25) is 0 Å². The second-order valence-corrected chi connectivity index (χ2v) is 7.16. The highest BCUT2D eigenvalue weighted by Gasteiger charge is 2.23. The smallest absolute Gasteiger partial charge is 0.0991 e. The SMILES string of the molecule is CN1CCN(C[C@@H]2CCCN(Cc3ccc(C#N)cc3)C2)CC1. The van der Waals surface area contributed by atoms with E-state index in [1.807, 2.05) is 12.1 Å². The second kappa shape index (κ2) is 7.92. The van der Waals surface area contributed by atoms with Gasteiger partial charge in [-0.2, -0.15) is 5.26 Å². The van der Waals surface area contributed by atoms with Crippen molar-refractivity contribution >= 4 is 0 Å². The van der Waals surface area contributed by atoms with Crippen molar-refractivity contribution < 1.29 is 0 Å². The largest absolute Gasteiger partial charge is 0.304 e. The van der Waals surface area contributed by atoms with Crippen LogP contribution in [0.4, 0.5) is 0 Å². The van der Waals surface area contributed by atoms with Gasteiger partial charge >= 0.3 is 0 Å². The molecule has 2 heterocycles. The average Bonchev–Trinajstić information content (AvgIpc) is 2.58. The van der Waals surface area contributed by atoms with Crippen LogP contribution in [0.5, 0.6) is 0 Å². The molecule has 0 amide bonds. The fourth-order valence-corrected chi connectivity index (χ4v) is 3.78. The van der Waals surface area contributed by atoms with Crippen LogP contribution in [0.1, 0.15) is 24.0 Å². The Kier molecular flexibility index (Phi) is 5.66. The monoisotopic (exact) mass is 312 g/mol. The number of hydrogen-bond donors (Lipinski definition) is 0. The molecule has 0 aromatic heterocycles. The van der Waals surface area contributed by atoms with Gasteiger partial charge in [-0.15, -0.1) is 0 Å². The number of likely N-dealkylation sites (N-methyl/N-ethyl adjacent to an activating group) is 1. The Morgan fingerprint density at radius 1 is 1.04 bits per heavy atom. The van der Waals surface area contributed by atoms with Gasteiger partial charge in [0, 0.05) is 45.8 Å². The van der Waals surface area contributed by atoms with Gasteiger partial charge in [-0.1, -0.05) is 12.1 Å². The zero-order valence-electron chi connectivity index (χ0n) is 14.2. The van der Waals surface area contributed by atoms with Crippen LogP contribution in [0.25, 0.3) is 0 Å². The minimum Gasteiger partial charge on any atom is -0.304 e. The molecule has 4 nitrogen and oxygen atoms in total. The lowest BCUT2D eigenvalue weighted by Gasteiger charge is -2.38. The molecule has 0 spiro atoms. The number of benzene rings is 1. The predicted octanol–water partition coefficient (Wildman–Crippen LogP) is 2.02. The standard InChI is InChI=1S/C19H28N4/c1-21-9-11-22(12-10-21)15-19-3-2-8-23(16-19)14-18-6-4-17(13-20)5-7-18/h4-7,19H,2-3,8-12,14-16H2,1H3/t19-/m0/s1. The molecule has 124 valence electrons. The van der Waals surface area contributed by atoms with Gasteiger partial charge in [0.05, 0.1) is 11.6 Å². The molecule has 0 saturated carbocycles. The first-order chi connectivity index (χ1) is 11.2. The molecular weight excluding hydrogens is 284 g/mol. The van der Waals surface area contributed by atoms with Gasteiger partial charge in [0.1, 0.15) is 0 Å². The maximum atomic E-state index is 8.89. The highest BCUT2D eigenvalue weighted by Crippen LogP contribution is 2.20. The fourth-order valence-electron chi connectivity index (χ4n) is 3.78. The molecule has 23 heavy (non-hydrogen) atoms. The van der Waals surface area contributed by atoms with Gasteiger partial charge in [0.15, 0.2) is 0 Å². The molecule has 2 aliphatic heterocycles. The van der Waals surface area contributed by atoms with Crippen molar-refractivity contribution in [3.05, 3.63) is 35.4 Å². The molecular formula is C19H28N4. The van der Waals surface area contributed by atoms with Crippen LogP contribution in [-0.4, -0.2) is 67.6 Å². The lowest BCUT2D eigenvalue weighted by molar-refractivity contribution is 0.0966. The van der Waals surface area contributed by atoms with Gasteiger partial charge < -0.3 is 9.80 Å². The third kappa shape index (κ3) is 4.78. The van der Waals surface area contributed by atoms with E-state index in [-0.39, 0.29) is 0 Å². The van der Waals surface area contributed by atoms with E-state index in [1.54, 1.807) is 0 Å². The number of hydrogen-bond acceptors (Lipinski definition) is 4. The minimum atomic E-state index is 0.750. The van der Waals surface area contributed by atoms with E-state index in [0.717, 1.165) is 18.0 Å². The first-order valence-electron chi connectivity index (χ1n) is 8.85. The number of likely N-dealkylation sites (tertiary alicyclic amines) is 1. The Morgan fingerprint density at radius 2 is 1.78 bits per heavy atom. The van der Waals surface area contributed by atoms with Crippen LogP contribution in [-0.2, 0) is 6.54 Å². The third-order valence-electron chi connectivity index (χ3n) is 5.20. The quantitative estimate of drug-likeness (QED) is 0.852. The number of piperazine rings is 1. The summed E-state index contributed by atoms with van der Waals surface area (Å²) in [4.78, 5) is 7.66. The van der Waals surface area contributed by atoms with Crippen molar-refractivity contribution in [1.82, 2.24) is 14.7 Å². The minimum absolute atomic E-state index is 0.750. The lowest BCUT2D eigenvalue weighted by Crippen LogP contribution is -2.48. The summed E-state index contributed by atoms with van der Waals surface area (Å²) in [6.07, 6.45) is 2.69. The average molecular weight is 312 g/mol. The van der Waals surface area contributed by atoms with Crippen LogP contribution in [0.3, 0.4) is 0 Å². The van der Waals surface area contributed by atoms with E-state index < -0.39 is 0 Å². The Bertz CT molecular complexity index is 525. The fraction of sp³-hybridized carbons (Fsp3) is 0.632. The van der Waals surface area contributed by atoms with E-state index in [2.05, 4.69) is 39.9 Å². The van der Waals surface area contributed by atoms with Crippen molar-refractivity contribution in [3.8, 4) is 6.07 Å². The van der Waals surface area contributed by atoms with Crippen molar-refractivity contribution in [1.29, 1.82) is 5.26 Å². The highest BCUT2D eigenvalue weighted by molar-refractivity contribution is 5.31. The molecule has 4 heteroatoms. The molecule has 1 aromatic rings. The Hall–Kier alpha value is -1.41. The number of rotatable bonds is 4. The Balaban J connectivity index is 1.48. The van der Waals surface area contributed by atoms with Crippen LogP contribution < -0.4 is 0 Å². The number of nitrogens with zero attached hydrogens (tertiary/aromatic N) is 4. The predicted molar refractivity (Wildman–Crippen MR) is 93.1 cm³/mol. The molecule has 0 N–H and O–H groups in total. The summed E-state index contributed by atoms with van der Waals surface area (Å²) in [6, 6.07) is 10.3. The molecule has 0 aliphatic carbocycles. The molecule has 1 atom stereocenters. The molecule has 0 unspecified atom stereocenters. The van der Waals surface area contributed by atoms with Gasteiger partial charge in [-0.05, 0) is 50.0 Å². The maximum Gasteiger partial charge on any atom is 0.0991 e. The highest BCUT2D eigenvalue weighted by atomic mass is 15.2. The van der Waals surface area contributed by atoms with Crippen LogP contribution in [0, 0.1) is 17.2 Å². The van der Waals surface area contributed by atoms with Crippen molar-refractivity contribution in [2.24, 2.45) is 5.92 Å². The normalized spacial score (nSPS) is 24.4. The van der Waals surface area contributed by atoms with Crippen LogP contribution >= 0.6 is 0 Å². The lowest BCUT2D eigenvalue weighted by atomic mass is 9.96. The van der Waals surface area contributed by atoms with Gasteiger partial charge in [-0.25, -0.2) is 0 Å². The van der Waals surface area contributed by atoms with Crippen LogP contribution in [0.2, 0.25) is 0 Å². The summed E-state index contributed by atoms with van der Waals surface area (Å²) in [5.41, 5.74) is 2.07. The van der Waals surface area contributed by atoms with E-state index in [1.165, 1.54) is 64.2 Å². The third-order valence-corrected chi connectivity index (χ3v) is 5.20. The molecule has 1 aromatic carbocycles. The Labute approximate surface area is 140 Å². The molecule has 2 aliphatic rings. The van der Waals surface area contributed by atoms with Gasteiger partial charge in [0.25, 0.3) is 0 Å². The van der Waals surface area contributed by atoms with Crippen molar-refractivity contribution in [2.75, 3.05) is 52.9 Å². The van der Waals surface area contributed by atoms with Crippen molar-refractivity contribution in [3.63, 3.8) is 0 Å². The van der Waals surface area contributed by atoms with Crippen molar-refractivity contribution in [2.45, 2.75) is 19.4 Å². The van der Waals surface area contributed by atoms with E-state index in [4.69, 9.17) is 5.26 Å². The Morgan fingerprint density at radius 3 is 2.48 bits per heavy atom. The van der Waals surface area contributed by atoms with E-state index in [9.17, 15) is 0 Å². The molecule has 3 rings (SSSR count). The molecule has 0 radical (unpaired) electrons. The summed E-state index contributed by atoms with van der Waals surface area (Å²) in [5, 5.41) is 8.89. The zero-order chi connectivity index (χ0) is 16.1. The second-order valence-electron chi connectivity index (χ2n) is 7.16. The van der Waals surface area contributed by atoms with Gasteiger partial charge in [-0.3, -0.25) is 4.90 Å². The summed E-state index contributed by atoms with van der Waals surface area (Å²) in [5.74, 6) is 0.811. The summed E-state index contributed by atoms with van der Waals surface area (Å²) in [7, 11) is 2.22. The van der Waals surface area contributed by atoms with E-state index in [0.29, 0.717) is 0 Å².